The Morgan fingerprint density at radius 1 is 1.25 bits per heavy atom. The van der Waals surface area contributed by atoms with Gasteiger partial charge in [-0.2, -0.15) is 18.2 Å². The van der Waals surface area contributed by atoms with Crippen LogP contribution in [0.4, 0.5) is 29.3 Å². The van der Waals surface area contributed by atoms with Gasteiger partial charge in [-0.05, 0) is 31.9 Å². The molecular formula is C24H27F4N3O5. The number of amides is 1. The Hall–Kier alpha value is -2.86. The fourth-order valence-corrected chi connectivity index (χ4v) is 4.93. The van der Waals surface area contributed by atoms with Crippen molar-refractivity contribution in [2.75, 3.05) is 30.4 Å². The summed E-state index contributed by atoms with van der Waals surface area (Å²) < 4.78 is 76.3. The zero-order valence-corrected chi connectivity index (χ0v) is 19.9. The molecule has 0 radical (unpaired) electrons. The largest absolute Gasteiger partial charge is 0.487 e. The number of carbonyl (C=O) groups is 1. The standard InChI is InChI=1S/C24H27F4N3O5/c1-23(33-2)11-31(12-23)22-30-20(19(36-22)10-24(26,27)28)21(32)29-13-3-6-18(17(25)7-13)35-16-8-14-4-5-15(9-16)34-14/h3,6-7,14-16H,4-5,8-12H2,1-2H3,(H,29,32). The van der Waals surface area contributed by atoms with Crippen molar-refractivity contribution in [2.45, 2.75) is 69.1 Å². The van der Waals surface area contributed by atoms with Gasteiger partial charge in [0.2, 0.25) is 0 Å². The molecule has 4 heterocycles. The van der Waals surface area contributed by atoms with Crippen LogP contribution in [0.1, 0.15) is 48.9 Å². The average molecular weight is 513 g/mol. The molecule has 0 saturated carbocycles. The summed E-state index contributed by atoms with van der Waals surface area (Å²) in [7, 11) is 1.53. The van der Waals surface area contributed by atoms with Crippen molar-refractivity contribution in [1.29, 1.82) is 0 Å². The summed E-state index contributed by atoms with van der Waals surface area (Å²) >= 11 is 0. The van der Waals surface area contributed by atoms with Crippen LogP contribution in [0.2, 0.25) is 0 Å². The second kappa shape index (κ2) is 9.22. The fraction of sp³-hybridized carbons (Fsp3) is 0.583. The van der Waals surface area contributed by atoms with E-state index in [9.17, 15) is 22.4 Å². The van der Waals surface area contributed by atoms with Crippen LogP contribution in [0.25, 0.3) is 0 Å². The monoisotopic (exact) mass is 513 g/mol. The van der Waals surface area contributed by atoms with E-state index in [1.165, 1.54) is 19.2 Å². The number of methoxy groups -OCH3 is 1. The summed E-state index contributed by atoms with van der Waals surface area (Å²) in [4.78, 5) is 18.4. The lowest BCUT2D eigenvalue weighted by Crippen LogP contribution is -2.61. The molecule has 3 saturated heterocycles. The van der Waals surface area contributed by atoms with Crippen LogP contribution >= 0.6 is 0 Å². The number of halogens is 4. The van der Waals surface area contributed by atoms with Gasteiger partial charge in [-0.1, -0.05) is 0 Å². The van der Waals surface area contributed by atoms with E-state index in [4.69, 9.17) is 18.6 Å². The summed E-state index contributed by atoms with van der Waals surface area (Å²) in [6, 6.07) is 3.77. The number of oxazole rings is 1. The van der Waals surface area contributed by atoms with E-state index < -0.39 is 41.4 Å². The molecule has 3 aliphatic heterocycles. The summed E-state index contributed by atoms with van der Waals surface area (Å²) in [5.41, 5.74) is -0.936. The number of alkyl halides is 3. The lowest BCUT2D eigenvalue weighted by Gasteiger charge is -2.45. The van der Waals surface area contributed by atoms with Crippen molar-refractivity contribution in [2.24, 2.45) is 0 Å². The molecule has 1 aromatic carbocycles. The number of fused-ring (bicyclic) bond motifs is 2. The molecule has 0 aliphatic carbocycles. The molecular weight excluding hydrogens is 486 g/mol. The molecule has 196 valence electrons. The highest BCUT2D eigenvalue weighted by molar-refractivity contribution is 6.03. The Morgan fingerprint density at radius 3 is 2.56 bits per heavy atom. The normalized spacial score (nSPS) is 24.9. The zero-order chi connectivity index (χ0) is 25.7. The van der Waals surface area contributed by atoms with E-state index in [2.05, 4.69) is 10.3 Å². The summed E-state index contributed by atoms with van der Waals surface area (Å²) in [5.74, 6) is -2.20. The third-order valence-electron chi connectivity index (χ3n) is 6.81. The molecule has 2 aromatic rings. The lowest BCUT2D eigenvalue weighted by atomic mass is 9.97. The molecule has 2 unspecified atom stereocenters. The molecule has 12 heteroatoms. The molecule has 36 heavy (non-hydrogen) atoms. The number of aromatic nitrogens is 1. The number of hydrogen-bond acceptors (Lipinski definition) is 7. The maximum atomic E-state index is 14.7. The van der Waals surface area contributed by atoms with Crippen LogP contribution in [0.3, 0.4) is 0 Å². The lowest BCUT2D eigenvalue weighted by molar-refractivity contribution is -0.130. The maximum Gasteiger partial charge on any atom is 0.396 e. The number of rotatable bonds is 7. The van der Waals surface area contributed by atoms with Crippen molar-refractivity contribution in [3.8, 4) is 5.75 Å². The summed E-state index contributed by atoms with van der Waals surface area (Å²) in [6.07, 6.45) is -2.66. The Kier molecular flexibility index (Phi) is 6.36. The van der Waals surface area contributed by atoms with Gasteiger partial charge < -0.3 is 28.8 Å². The quantitative estimate of drug-likeness (QED) is 0.547. The smallest absolute Gasteiger partial charge is 0.396 e. The molecule has 1 amide bonds. The van der Waals surface area contributed by atoms with Gasteiger partial charge in [0.05, 0.1) is 25.3 Å². The molecule has 1 aromatic heterocycles. The second-order valence-electron chi connectivity index (χ2n) is 9.84. The van der Waals surface area contributed by atoms with Gasteiger partial charge in [-0.3, -0.25) is 4.79 Å². The van der Waals surface area contributed by atoms with Crippen LogP contribution in [0.15, 0.2) is 22.6 Å². The van der Waals surface area contributed by atoms with Gasteiger partial charge in [0.25, 0.3) is 11.9 Å². The van der Waals surface area contributed by atoms with Crippen LogP contribution in [0.5, 0.6) is 5.75 Å². The highest BCUT2D eigenvalue weighted by Gasteiger charge is 2.43. The molecule has 5 rings (SSSR count). The zero-order valence-electron chi connectivity index (χ0n) is 19.9. The predicted octanol–water partition coefficient (Wildman–Crippen LogP) is 4.48. The van der Waals surface area contributed by atoms with Crippen LogP contribution < -0.4 is 15.0 Å². The minimum Gasteiger partial charge on any atom is -0.487 e. The first-order valence-corrected chi connectivity index (χ1v) is 11.8. The van der Waals surface area contributed by atoms with Crippen molar-refractivity contribution in [1.82, 2.24) is 4.98 Å². The molecule has 2 bridgehead atoms. The Morgan fingerprint density at radius 2 is 1.94 bits per heavy atom. The average Bonchev–Trinajstić information content (AvgIpc) is 3.34. The van der Waals surface area contributed by atoms with Crippen molar-refractivity contribution in [3.05, 3.63) is 35.5 Å². The highest BCUT2D eigenvalue weighted by Crippen LogP contribution is 2.36. The van der Waals surface area contributed by atoms with E-state index in [1.54, 1.807) is 4.90 Å². The highest BCUT2D eigenvalue weighted by atomic mass is 19.4. The predicted molar refractivity (Wildman–Crippen MR) is 120 cm³/mol. The minimum atomic E-state index is -4.61. The molecule has 2 atom stereocenters. The second-order valence-corrected chi connectivity index (χ2v) is 9.84. The number of hydrogen-bond donors (Lipinski definition) is 1. The van der Waals surface area contributed by atoms with Crippen molar-refractivity contribution in [3.63, 3.8) is 0 Å². The van der Waals surface area contributed by atoms with Gasteiger partial charge >= 0.3 is 6.18 Å². The van der Waals surface area contributed by atoms with Crippen molar-refractivity contribution < 1.29 is 41.0 Å². The van der Waals surface area contributed by atoms with E-state index in [1.807, 2.05) is 6.92 Å². The number of nitrogens with zero attached hydrogens (tertiary/aromatic N) is 2. The van der Waals surface area contributed by atoms with E-state index in [0.717, 1.165) is 18.9 Å². The minimum absolute atomic E-state index is 0.0414. The molecule has 1 N–H and O–H groups in total. The number of anilines is 2. The first-order valence-electron chi connectivity index (χ1n) is 11.8. The maximum absolute atomic E-state index is 14.7. The Balaban J connectivity index is 1.28. The van der Waals surface area contributed by atoms with Gasteiger partial charge in [-0.15, -0.1) is 0 Å². The van der Waals surface area contributed by atoms with E-state index >= 15 is 0 Å². The van der Waals surface area contributed by atoms with Gasteiger partial charge in [0.15, 0.2) is 17.3 Å². The first-order chi connectivity index (χ1) is 17.0. The number of benzene rings is 1. The third kappa shape index (κ3) is 5.29. The number of carbonyl (C=O) groups excluding carboxylic acids is 1. The van der Waals surface area contributed by atoms with Gasteiger partial charge in [-0.25, -0.2) is 4.39 Å². The van der Waals surface area contributed by atoms with E-state index in [-0.39, 0.29) is 35.8 Å². The third-order valence-corrected chi connectivity index (χ3v) is 6.81. The number of nitrogens with one attached hydrogen (secondary N) is 1. The van der Waals surface area contributed by atoms with Gasteiger partial charge in [0.1, 0.15) is 23.9 Å². The topological polar surface area (TPSA) is 86.1 Å². The Labute approximate surface area is 204 Å². The van der Waals surface area contributed by atoms with Crippen LogP contribution in [0, 0.1) is 5.82 Å². The molecule has 3 aliphatic rings. The van der Waals surface area contributed by atoms with Gasteiger partial charge in [0, 0.05) is 31.7 Å². The van der Waals surface area contributed by atoms with Crippen LogP contribution in [-0.2, 0) is 15.9 Å². The molecule has 3 fully saturated rings. The summed E-state index contributed by atoms with van der Waals surface area (Å²) in [6.45, 7) is 2.53. The van der Waals surface area contributed by atoms with E-state index in [0.29, 0.717) is 25.9 Å². The summed E-state index contributed by atoms with van der Waals surface area (Å²) in [5, 5.41) is 2.41. The SMILES string of the molecule is COC1(C)CN(c2nc(C(=O)Nc3ccc(OC4CC5CCC(C4)O5)c(F)c3)c(CC(F)(F)F)o2)C1. The fourth-order valence-electron chi connectivity index (χ4n) is 4.93. The molecule has 8 nitrogen and oxygen atoms in total. The van der Waals surface area contributed by atoms with Crippen LogP contribution in [-0.4, -0.2) is 61.2 Å². The number of ether oxygens (including phenoxy) is 3. The molecule has 0 spiro atoms. The Bertz CT molecular complexity index is 1120. The first kappa shape index (κ1) is 24.8. The van der Waals surface area contributed by atoms with Crippen molar-refractivity contribution >= 4 is 17.6 Å².